The molecular formula is C16H32N2O. The first-order valence-electron chi connectivity index (χ1n) is 8.01. The molecule has 1 amide bonds. The number of amides is 1. The van der Waals surface area contributed by atoms with Crippen molar-refractivity contribution in [3.8, 4) is 0 Å². The lowest BCUT2D eigenvalue weighted by atomic mass is 9.74. The van der Waals surface area contributed by atoms with E-state index in [2.05, 4.69) is 33.0 Å². The number of nitrogens with two attached hydrogens (primary N) is 1. The summed E-state index contributed by atoms with van der Waals surface area (Å²) >= 11 is 0. The molecule has 1 saturated carbocycles. The van der Waals surface area contributed by atoms with Crippen LogP contribution in [0, 0.1) is 17.8 Å². The van der Waals surface area contributed by atoms with Gasteiger partial charge in [0.2, 0.25) is 5.91 Å². The second-order valence-corrected chi connectivity index (χ2v) is 6.69. The van der Waals surface area contributed by atoms with E-state index in [1.807, 2.05) is 0 Å². The Morgan fingerprint density at radius 2 is 2.05 bits per heavy atom. The summed E-state index contributed by atoms with van der Waals surface area (Å²) < 4.78 is 0. The average molecular weight is 268 g/mol. The Morgan fingerprint density at radius 1 is 1.37 bits per heavy atom. The van der Waals surface area contributed by atoms with Crippen LogP contribution < -0.4 is 11.1 Å². The van der Waals surface area contributed by atoms with Crippen LogP contribution in [0.15, 0.2) is 0 Å². The summed E-state index contributed by atoms with van der Waals surface area (Å²) in [7, 11) is 0. The first-order chi connectivity index (χ1) is 8.95. The van der Waals surface area contributed by atoms with Crippen molar-refractivity contribution in [2.75, 3.05) is 0 Å². The Hall–Kier alpha value is -0.570. The van der Waals surface area contributed by atoms with Gasteiger partial charge in [0, 0.05) is 6.04 Å². The van der Waals surface area contributed by atoms with Crippen molar-refractivity contribution in [1.29, 1.82) is 0 Å². The first-order valence-corrected chi connectivity index (χ1v) is 8.01. The normalized spacial score (nSPS) is 29.3. The van der Waals surface area contributed by atoms with Crippen molar-refractivity contribution >= 4 is 5.91 Å². The SMILES string of the molecule is CCCCC(N)C(=O)NC1CC(C)CCC1C(C)C. The Balaban J connectivity index is 2.53. The molecule has 0 aromatic heterocycles. The lowest BCUT2D eigenvalue weighted by Crippen LogP contribution is -2.50. The molecule has 19 heavy (non-hydrogen) atoms. The molecule has 1 aliphatic rings. The monoisotopic (exact) mass is 268 g/mol. The van der Waals surface area contributed by atoms with Crippen LogP contribution in [0.25, 0.3) is 0 Å². The molecule has 1 fully saturated rings. The maximum Gasteiger partial charge on any atom is 0.237 e. The molecule has 4 unspecified atom stereocenters. The Labute approximate surface area is 118 Å². The van der Waals surface area contributed by atoms with Gasteiger partial charge in [-0.3, -0.25) is 4.79 Å². The minimum absolute atomic E-state index is 0.0539. The molecule has 0 bridgehead atoms. The summed E-state index contributed by atoms with van der Waals surface area (Å²) in [5.74, 6) is 2.01. The summed E-state index contributed by atoms with van der Waals surface area (Å²) in [5.41, 5.74) is 5.96. The Morgan fingerprint density at radius 3 is 2.63 bits per heavy atom. The molecule has 0 radical (unpaired) electrons. The van der Waals surface area contributed by atoms with Gasteiger partial charge in [0.15, 0.2) is 0 Å². The van der Waals surface area contributed by atoms with E-state index in [1.165, 1.54) is 12.8 Å². The molecule has 3 N–H and O–H groups in total. The fourth-order valence-electron chi connectivity index (χ4n) is 3.21. The van der Waals surface area contributed by atoms with Crippen LogP contribution in [-0.2, 0) is 4.79 Å². The minimum Gasteiger partial charge on any atom is -0.352 e. The predicted molar refractivity (Wildman–Crippen MR) is 80.8 cm³/mol. The molecular weight excluding hydrogens is 236 g/mol. The molecule has 0 aromatic rings. The molecule has 3 heteroatoms. The standard InChI is InChI=1S/C16H32N2O/c1-5-6-7-14(17)16(19)18-15-10-12(4)8-9-13(15)11(2)3/h11-15H,5-10,17H2,1-4H3,(H,18,19). The predicted octanol–water partition coefficient (Wildman–Crippen LogP) is 3.08. The van der Waals surface area contributed by atoms with E-state index in [9.17, 15) is 4.79 Å². The zero-order valence-electron chi connectivity index (χ0n) is 13.1. The summed E-state index contributed by atoms with van der Waals surface area (Å²) in [6.07, 6.45) is 6.55. The van der Waals surface area contributed by atoms with Gasteiger partial charge in [-0.15, -0.1) is 0 Å². The van der Waals surface area contributed by atoms with Crippen molar-refractivity contribution in [2.45, 2.75) is 78.3 Å². The third kappa shape index (κ3) is 5.13. The largest absolute Gasteiger partial charge is 0.352 e. The molecule has 4 atom stereocenters. The summed E-state index contributed by atoms with van der Waals surface area (Å²) in [6.45, 7) is 8.93. The van der Waals surface area contributed by atoms with E-state index in [0.717, 1.165) is 25.7 Å². The number of rotatable bonds is 6. The zero-order valence-corrected chi connectivity index (χ0v) is 13.1. The molecule has 1 rings (SSSR count). The van der Waals surface area contributed by atoms with Crippen molar-refractivity contribution < 1.29 is 4.79 Å². The van der Waals surface area contributed by atoms with Gasteiger partial charge < -0.3 is 11.1 Å². The van der Waals surface area contributed by atoms with Crippen molar-refractivity contribution in [2.24, 2.45) is 23.5 Å². The number of hydrogen-bond donors (Lipinski definition) is 2. The molecule has 0 heterocycles. The molecule has 0 aromatic carbocycles. The van der Waals surface area contributed by atoms with Gasteiger partial charge >= 0.3 is 0 Å². The third-order valence-electron chi connectivity index (χ3n) is 4.56. The van der Waals surface area contributed by atoms with Gasteiger partial charge in [-0.2, -0.15) is 0 Å². The van der Waals surface area contributed by atoms with Crippen LogP contribution in [0.4, 0.5) is 0 Å². The highest BCUT2D eigenvalue weighted by molar-refractivity contribution is 5.81. The van der Waals surface area contributed by atoms with E-state index in [4.69, 9.17) is 5.73 Å². The van der Waals surface area contributed by atoms with Crippen molar-refractivity contribution in [3.63, 3.8) is 0 Å². The maximum absolute atomic E-state index is 12.2. The minimum atomic E-state index is -0.329. The van der Waals surface area contributed by atoms with Crippen LogP contribution in [0.3, 0.4) is 0 Å². The van der Waals surface area contributed by atoms with Crippen LogP contribution in [0.5, 0.6) is 0 Å². The highest BCUT2D eigenvalue weighted by atomic mass is 16.2. The quantitative estimate of drug-likeness (QED) is 0.778. The Kier molecular flexibility index (Phi) is 6.84. The van der Waals surface area contributed by atoms with Crippen LogP contribution >= 0.6 is 0 Å². The molecule has 1 aliphatic carbocycles. The fraction of sp³-hybridized carbons (Fsp3) is 0.938. The van der Waals surface area contributed by atoms with Gasteiger partial charge in [-0.05, 0) is 37.0 Å². The highest BCUT2D eigenvalue weighted by Gasteiger charge is 2.32. The van der Waals surface area contributed by atoms with Crippen LogP contribution in [-0.4, -0.2) is 18.0 Å². The number of carbonyl (C=O) groups excluding carboxylic acids is 1. The van der Waals surface area contributed by atoms with Gasteiger partial charge in [-0.1, -0.05) is 47.0 Å². The summed E-state index contributed by atoms with van der Waals surface area (Å²) in [4.78, 5) is 12.2. The highest BCUT2D eigenvalue weighted by Crippen LogP contribution is 2.33. The van der Waals surface area contributed by atoms with E-state index in [-0.39, 0.29) is 11.9 Å². The van der Waals surface area contributed by atoms with E-state index < -0.39 is 0 Å². The molecule has 0 saturated heterocycles. The third-order valence-corrected chi connectivity index (χ3v) is 4.56. The topological polar surface area (TPSA) is 55.1 Å². The van der Waals surface area contributed by atoms with Crippen LogP contribution in [0.2, 0.25) is 0 Å². The number of carbonyl (C=O) groups is 1. The van der Waals surface area contributed by atoms with Gasteiger partial charge in [0.25, 0.3) is 0 Å². The molecule has 3 nitrogen and oxygen atoms in total. The average Bonchev–Trinajstić information content (AvgIpc) is 2.35. The fourth-order valence-corrected chi connectivity index (χ4v) is 3.21. The second kappa shape index (κ2) is 7.88. The summed E-state index contributed by atoms with van der Waals surface area (Å²) in [6, 6.07) is -0.00563. The Bertz CT molecular complexity index is 278. The number of unbranched alkanes of at least 4 members (excludes halogenated alkanes) is 1. The van der Waals surface area contributed by atoms with Crippen molar-refractivity contribution in [3.05, 3.63) is 0 Å². The lowest BCUT2D eigenvalue weighted by molar-refractivity contribution is -0.124. The van der Waals surface area contributed by atoms with Crippen LogP contribution in [0.1, 0.15) is 66.2 Å². The molecule has 0 spiro atoms. The van der Waals surface area contributed by atoms with Gasteiger partial charge in [-0.25, -0.2) is 0 Å². The molecule has 112 valence electrons. The van der Waals surface area contributed by atoms with Gasteiger partial charge in [0.05, 0.1) is 6.04 Å². The second-order valence-electron chi connectivity index (χ2n) is 6.69. The van der Waals surface area contributed by atoms with E-state index in [1.54, 1.807) is 0 Å². The van der Waals surface area contributed by atoms with E-state index in [0.29, 0.717) is 23.8 Å². The summed E-state index contributed by atoms with van der Waals surface area (Å²) in [5, 5.41) is 3.23. The zero-order chi connectivity index (χ0) is 14.4. The first kappa shape index (κ1) is 16.5. The number of hydrogen-bond acceptors (Lipinski definition) is 2. The smallest absolute Gasteiger partial charge is 0.237 e. The van der Waals surface area contributed by atoms with E-state index >= 15 is 0 Å². The number of nitrogens with one attached hydrogen (secondary N) is 1. The molecule has 0 aliphatic heterocycles. The maximum atomic E-state index is 12.2. The van der Waals surface area contributed by atoms with Gasteiger partial charge in [0.1, 0.15) is 0 Å². The lowest BCUT2D eigenvalue weighted by Gasteiger charge is -2.38. The van der Waals surface area contributed by atoms with Crippen molar-refractivity contribution in [1.82, 2.24) is 5.32 Å².